The van der Waals surface area contributed by atoms with Gasteiger partial charge in [-0.1, -0.05) is 59.6 Å². The van der Waals surface area contributed by atoms with E-state index in [1.165, 1.54) is 10.1 Å². The molecular formula is C24H22ClN5O2. The lowest BCUT2D eigenvalue weighted by atomic mass is 10.1. The van der Waals surface area contributed by atoms with Gasteiger partial charge in [-0.25, -0.2) is 14.3 Å². The standard InChI is InChI=1S/C24H22ClN5O2/c1-15-6-8-16(9-7-15)13-26-24(32)29-11-10-20-18(14-29)23(31)30-22(27-20)12-21(28-30)17-4-2-3-5-19(17)25/h2-9,12,28H,10-11,13-14H2,1H3,(H,26,32). The lowest BCUT2D eigenvalue weighted by Crippen LogP contribution is -2.44. The van der Waals surface area contributed by atoms with E-state index in [1.54, 1.807) is 11.0 Å². The maximum Gasteiger partial charge on any atom is 0.317 e. The molecule has 4 aromatic rings. The quantitative estimate of drug-likeness (QED) is 0.499. The Morgan fingerprint density at radius 1 is 1.19 bits per heavy atom. The number of fused-ring (bicyclic) bond motifs is 2. The number of aromatic nitrogens is 3. The highest BCUT2D eigenvalue weighted by atomic mass is 35.5. The van der Waals surface area contributed by atoms with Gasteiger partial charge in [0.2, 0.25) is 0 Å². The number of nitrogens with zero attached hydrogens (tertiary/aromatic N) is 3. The average Bonchev–Trinajstić information content (AvgIpc) is 3.23. The summed E-state index contributed by atoms with van der Waals surface area (Å²) >= 11 is 6.31. The molecule has 2 aromatic carbocycles. The van der Waals surface area contributed by atoms with Crippen molar-refractivity contribution in [3.8, 4) is 11.3 Å². The number of aryl methyl sites for hydroxylation is 1. The molecule has 1 aliphatic rings. The summed E-state index contributed by atoms with van der Waals surface area (Å²) in [5.74, 6) is 0. The van der Waals surface area contributed by atoms with Gasteiger partial charge in [0.25, 0.3) is 5.56 Å². The number of benzene rings is 2. The molecule has 0 radical (unpaired) electrons. The summed E-state index contributed by atoms with van der Waals surface area (Å²) < 4.78 is 1.42. The van der Waals surface area contributed by atoms with Gasteiger partial charge < -0.3 is 10.2 Å². The van der Waals surface area contributed by atoms with Crippen molar-refractivity contribution in [3.05, 3.63) is 92.4 Å². The van der Waals surface area contributed by atoms with Crippen LogP contribution in [0.15, 0.2) is 59.4 Å². The average molecular weight is 448 g/mol. The smallest absolute Gasteiger partial charge is 0.317 e. The molecule has 0 atom stereocenters. The van der Waals surface area contributed by atoms with E-state index in [0.29, 0.717) is 35.7 Å². The molecule has 2 aromatic heterocycles. The fourth-order valence-corrected chi connectivity index (χ4v) is 4.21. The van der Waals surface area contributed by atoms with Crippen LogP contribution in [-0.4, -0.2) is 32.1 Å². The fourth-order valence-electron chi connectivity index (χ4n) is 3.97. The van der Waals surface area contributed by atoms with E-state index in [-0.39, 0.29) is 18.1 Å². The fraction of sp³-hybridized carbons (Fsp3) is 0.208. The monoisotopic (exact) mass is 447 g/mol. The van der Waals surface area contributed by atoms with Crippen LogP contribution in [0, 0.1) is 6.92 Å². The number of amides is 2. The van der Waals surface area contributed by atoms with Gasteiger partial charge in [-0.15, -0.1) is 0 Å². The molecule has 0 saturated carbocycles. The van der Waals surface area contributed by atoms with Crippen molar-refractivity contribution in [2.45, 2.75) is 26.4 Å². The largest absolute Gasteiger partial charge is 0.334 e. The van der Waals surface area contributed by atoms with Crippen molar-refractivity contribution in [1.29, 1.82) is 0 Å². The molecule has 0 bridgehead atoms. The van der Waals surface area contributed by atoms with Gasteiger partial charge >= 0.3 is 6.03 Å². The van der Waals surface area contributed by atoms with Gasteiger partial charge in [0, 0.05) is 36.2 Å². The third-order valence-corrected chi connectivity index (χ3v) is 6.11. The molecule has 162 valence electrons. The normalized spacial score (nSPS) is 13.2. The lowest BCUT2D eigenvalue weighted by Gasteiger charge is -2.27. The Hall–Kier alpha value is -3.58. The number of rotatable bonds is 3. The number of H-pyrrole nitrogens is 1. The number of carbonyl (C=O) groups excluding carboxylic acids is 1. The zero-order valence-corrected chi connectivity index (χ0v) is 18.3. The molecule has 32 heavy (non-hydrogen) atoms. The van der Waals surface area contributed by atoms with E-state index < -0.39 is 0 Å². The Kier molecular flexibility index (Phi) is 5.19. The van der Waals surface area contributed by atoms with Gasteiger partial charge in [0.05, 0.1) is 23.5 Å². The maximum atomic E-state index is 13.2. The molecule has 7 nitrogen and oxygen atoms in total. The zero-order chi connectivity index (χ0) is 22.2. The van der Waals surface area contributed by atoms with Crippen LogP contribution in [0.1, 0.15) is 22.4 Å². The Bertz CT molecular complexity index is 1370. The van der Waals surface area contributed by atoms with E-state index in [4.69, 9.17) is 11.6 Å². The number of hydrogen-bond acceptors (Lipinski definition) is 3. The van der Waals surface area contributed by atoms with E-state index >= 15 is 0 Å². The lowest BCUT2D eigenvalue weighted by molar-refractivity contribution is 0.191. The van der Waals surface area contributed by atoms with Crippen LogP contribution in [0.3, 0.4) is 0 Å². The highest BCUT2D eigenvalue weighted by molar-refractivity contribution is 6.33. The minimum atomic E-state index is -0.195. The SMILES string of the molecule is Cc1ccc(CNC(=O)N2CCc3nc4cc(-c5ccccc5Cl)[nH]n4c(=O)c3C2)cc1. The van der Waals surface area contributed by atoms with E-state index in [2.05, 4.69) is 15.4 Å². The van der Waals surface area contributed by atoms with Crippen LogP contribution < -0.4 is 10.9 Å². The third kappa shape index (κ3) is 3.76. The van der Waals surface area contributed by atoms with Crippen molar-refractivity contribution in [1.82, 2.24) is 24.8 Å². The number of aromatic amines is 1. The van der Waals surface area contributed by atoms with Crippen LogP contribution in [0.2, 0.25) is 5.02 Å². The number of carbonyl (C=O) groups is 1. The van der Waals surface area contributed by atoms with Crippen LogP contribution >= 0.6 is 11.6 Å². The Morgan fingerprint density at radius 3 is 2.75 bits per heavy atom. The summed E-state index contributed by atoms with van der Waals surface area (Å²) in [7, 11) is 0. The van der Waals surface area contributed by atoms with Crippen molar-refractivity contribution < 1.29 is 4.79 Å². The Labute approximate surface area is 189 Å². The summed E-state index contributed by atoms with van der Waals surface area (Å²) in [6.07, 6.45) is 0.533. The molecule has 0 aliphatic carbocycles. The summed E-state index contributed by atoms with van der Waals surface area (Å²) in [5, 5.41) is 6.64. The number of halogens is 1. The number of hydrogen-bond donors (Lipinski definition) is 2. The summed E-state index contributed by atoms with van der Waals surface area (Å²) in [6, 6.07) is 17.1. The van der Waals surface area contributed by atoms with Gasteiger partial charge in [0.15, 0.2) is 5.65 Å². The number of urea groups is 1. The van der Waals surface area contributed by atoms with Crippen molar-refractivity contribution in [2.75, 3.05) is 6.54 Å². The van der Waals surface area contributed by atoms with Crippen LogP contribution in [-0.2, 0) is 19.5 Å². The molecule has 1 aliphatic heterocycles. The van der Waals surface area contributed by atoms with Crippen LogP contribution in [0.25, 0.3) is 16.9 Å². The molecular weight excluding hydrogens is 426 g/mol. The summed E-state index contributed by atoms with van der Waals surface area (Å²) in [6.45, 7) is 3.20. The molecule has 0 unspecified atom stereocenters. The van der Waals surface area contributed by atoms with Crippen molar-refractivity contribution >= 4 is 23.3 Å². The zero-order valence-electron chi connectivity index (χ0n) is 17.6. The van der Waals surface area contributed by atoms with Gasteiger partial charge in [0.1, 0.15) is 0 Å². The highest BCUT2D eigenvalue weighted by Gasteiger charge is 2.25. The third-order valence-electron chi connectivity index (χ3n) is 5.78. The number of nitrogens with one attached hydrogen (secondary N) is 2. The van der Waals surface area contributed by atoms with Gasteiger partial charge in [-0.05, 0) is 18.6 Å². The first-order chi connectivity index (χ1) is 15.5. The first kappa shape index (κ1) is 20.3. The minimum Gasteiger partial charge on any atom is -0.334 e. The van der Waals surface area contributed by atoms with E-state index in [1.807, 2.05) is 55.5 Å². The van der Waals surface area contributed by atoms with Gasteiger partial charge in [-0.2, -0.15) is 0 Å². The van der Waals surface area contributed by atoms with E-state index in [9.17, 15) is 9.59 Å². The van der Waals surface area contributed by atoms with Crippen LogP contribution in [0.5, 0.6) is 0 Å². The minimum absolute atomic E-state index is 0.191. The predicted molar refractivity (Wildman–Crippen MR) is 124 cm³/mol. The Balaban J connectivity index is 1.38. The maximum absolute atomic E-state index is 13.2. The second-order valence-corrected chi connectivity index (χ2v) is 8.41. The first-order valence-electron chi connectivity index (χ1n) is 10.5. The summed E-state index contributed by atoms with van der Waals surface area (Å²) in [4.78, 5) is 32.2. The molecule has 8 heteroatoms. The Morgan fingerprint density at radius 2 is 1.97 bits per heavy atom. The topological polar surface area (TPSA) is 82.5 Å². The van der Waals surface area contributed by atoms with Crippen molar-refractivity contribution in [3.63, 3.8) is 0 Å². The highest BCUT2D eigenvalue weighted by Crippen LogP contribution is 2.27. The molecule has 2 amide bonds. The second kappa shape index (κ2) is 8.16. The molecule has 5 rings (SSSR count). The molecule has 3 heterocycles. The predicted octanol–water partition coefficient (Wildman–Crippen LogP) is 3.92. The molecule has 0 saturated heterocycles. The van der Waals surface area contributed by atoms with Crippen molar-refractivity contribution in [2.24, 2.45) is 0 Å². The molecule has 0 fully saturated rings. The molecule has 0 spiro atoms. The van der Waals surface area contributed by atoms with Gasteiger partial charge in [-0.3, -0.25) is 9.89 Å². The second-order valence-electron chi connectivity index (χ2n) is 8.00. The van der Waals surface area contributed by atoms with Crippen LogP contribution in [0.4, 0.5) is 4.79 Å². The summed E-state index contributed by atoms with van der Waals surface area (Å²) in [5.41, 5.74) is 5.34. The molecule has 2 N–H and O–H groups in total. The van der Waals surface area contributed by atoms with E-state index in [0.717, 1.165) is 22.5 Å². The first-order valence-corrected chi connectivity index (χ1v) is 10.8.